The molecule has 0 spiro atoms. The lowest BCUT2D eigenvalue weighted by Crippen LogP contribution is -2.18. The summed E-state index contributed by atoms with van der Waals surface area (Å²) >= 11 is 8.37. The van der Waals surface area contributed by atoms with Crippen LogP contribution in [-0.2, 0) is 27.7 Å². The van der Waals surface area contributed by atoms with Gasteiger partial charge in [0, 0.05) is 28.3 Å². The fourth-order valence-corrected chi connectivity index (χ4v) is 6.79. The molecule has 2 aromatic heterocycles. The third-order valence-electron chi connectivity index (χ3n) is 5.71. The van der Waals surface area contributed by atoms with Gasteiger partial charge in [0.25, 0.3) is 0 Å². The molecule has 0 saturated heterocycles. The van der Waals surface area contributed by atoms with Crippen molar-refractivity contribution in [2.24, 2.45) is 16.7 Å². The molecule has 2 N–H and O–H groups in total. The van der Waals surface area contributed by atoms with E-state index in [1.807, 2.05) is 58.3 Å². The maximum Gasteiger partial charge on any atom is 0.474 e. The highest BCUT2D eigenvalue weighted by molar-refractivity contribution is 8.14. The van der Waals surface area contributed by atoms with E-state index in [4.69, 9.17) is 30.9 Å². The largest absolute Gasteiger partial charge is 0.474 e. The molecule has 0 bridgehead atoms. The summed E-state index contributed by atoms with van der Waals surface area (Å²) in [7, 11) is -3.96. The zero-order chi connectivity index (χ0) is 29.7. The minimum Gasteiger partial charge on any atom is -0.368 e. The number of halogens is 1. The van der Waals surface area contributed by atoms with Crippen molar-refractivity contribution >= 4 is 70.3 Å². The van der Waals surface area contributed by atoms with Crippen LogP contribution in [0.1, 0.15) is 54.0 Å². The summed E-state index contributed by atoms with van der Waals surface area (Å²) in [6, 6.07) is -0.0928. The Kier molecular flexibility index (Phi) is 11.3. The molecule has 0 unspecified atom stereocenters. The van der Waals surface area contributed by atoms with E-state index in [1.54, 1.807) is 6.33 Å². The van der Waals surface area contributed by atoms with Gasteiger partial charge in [-0.05, 0) is 6.42 Å². The number of imidazole rings is 1. The summed E-state index contributed by atoms with van der Waals surface area (Å²) in [4.78, 5) is 36.9. The number of carbonyl (C=O) groups is 2. The van der Waals surface area contributed by atoms with Crippen LogP contribution in [-0.4, -0.2) is 61.1 Å². The second kappa shape index (κ2) is 13.7. The second-order valence-corrected chi connectivity index (χ2v) is 15.5. The summed E-state index contributed by atoms with van der Waals surface area (Å²) in [5, 5.41) is 0.197. The highest BCUT2D eigenvalue weighted by Gasteiger charge is 2.31. The normalized spacial score (nSPS) is 18.1. The minimum atomic E-state index is -3.96. The Morgan fingerprint density at radius 2 is 1.60 bits per heavy atom. The van der Waals surface area contributed by atoms with E-state index in [0.717, 1.165) is 23.5 Å². The summed E-state index contributed by atoms with van der Waals surface area (Å²) in [6.45, 7) is 11.1. The SMILES string of the molecule is CC(C)(C)C(=O)SCCOP(=O)(OCCSC(=O)C(C)(C)C)OC[C@@H]1C=C[C@H](n2cnc3c(Cl)nc(N)nc32)C1. The predicted molar refractivity (Wildman–Crippen MR) is 160 cm³/mol. The zero-order valence-corrected chi connectivity index (χ0v) is 26.9. The third kappa shape index (κ3) is 9.27. The van der Waals surface area contributed by atoms with Gasteiger partial charge in [-0.15, -0.1) is 0 Å². The van der Waals surface area contributed by atoms with Gasteiger partial charge in [0.05, 0.1) is 32.2 Å². The summed E-state index contributed by atoms with van der Waals surface area (Å²) in [5.41, 5.74) is 5.76. The van der Waals surface area contributed by atoms with Gasteiger partial charge >= 0.3 is 7.82 Å². The highest BCUT2D eigenvalue weighted by atomic mass is 35.5. The molecule has 11 nitrogen and oxygen atoms in total. The molecule has 2 atom stereocenters. The number of phosphoric acid groups is 1. The van der Waals surface area contributed by atoms with Crippen LogP contribution in [0.3, 0.4) is 0 Å². The first kappa shape index (κ1) is 33.0. The van der Waals surface area contributed by atoms with Gasteiger partial charge in [-0.3, -0.25) is 23.2 Å². The van der Waals surface area contributed by atoms with E-state index >= 15 is 0 Å². The number of rotatable bonds is 12. The van der Waals surface area contributed by atoms with Gasteiger partial charge in [0.1, 0.15) is 5.52 Å². The van der Waals surface area contributed by atoms with Crippen molar-refractivity contribution in [1.82, 2.24) is 19.5 Å². The number of fused-ring (bicyclic) bond motifs is 1. The minimum absolute atomic E-state index is 0.00384. The van der Waals surface area contributed by atoms with Gasteiger partial charge in [0.15, 0.2) is 21.0 Å². The molecule has 0 fully saturated rings. The molecule has 222 valence electrons. The number of nitrogen functional groups attached to an aromatic ring is 1. The molecule has 0 saturated carbocycles. The van der Waals surface area contributed by atoms with E-state index in [9.17, 15) is 14.2 Å². The molecule has 40 heavy (non-hydrogen) atoms. The van der Waals surface area contributed by atoms with Crippen LogP contribution in [0.2, 0.25) is 5.15 Å². The van der Waals surface area contributed by atoms with Gasteiger partial charge in [0.2, 0.25) is 5.95 Å². The molecular formula is C25H37ClN5O6PS2. The van der Waals surface area contributed by atoms with E-state index in [2.05, 4.69) is 15.0 Å². The maximum atomic E-state index is 13.5. The van der Waals surface area contributed by atoms with Gasteiger partial charge in [-0.25, -0.2) is 9.55 Å². The number of hydrogen-bond acceptors (Lipinski definition) is 12. The van der Waals surface area contributed by atoms with Gasteiger partial charge < -0.3 is 10.3 Å². The van der Waals surface area contributed by atoms with Crippen molar-refractivity contribution in [2.75, 3.05) is 37.1 Å². The lowest BCUT2D eigenvalue weighted by atomic mass is 9.99. The van der Waals surface area contributed by atoms with E-state index in [-0.39, 0.29) is 53.1 Å². The van der Waals surface area contributed by atoms with Crippen molar-refractivity contribution in [2.45, 2.75) is 54.0 Å². The first-order valence-corrected chi connectivity index (χ1v) is 16.6. The summed E-state index contributed by atoms with van der Waals surface area (Å²) < 4.78 is 32.2. The quantitative estimate of drug-likeness (QED) is 0.127. The van der Waals surface area contributed by atoms with Crippen LogP contribution >= 0.6 is 42.9 Å². The topological polar surface area (TPSA) is 149 Å². The molecule has 2 aromatic rings. The fraction of sp³-hybridized carbons (Fsp3) is 0.640. The van der Waals surface area contributed by atoms with Crippen molar-refractivity contribution in [3.63, 3.8) is 0 Å². The lowest BCUT2D eigenvalue weighted by molar-refractivity contribution is -0.118. The first-order valence-electron chi connectivity index (χ1n) is 12.8. The van der Waals surface area contributed by atoms with E-state index < -0.39 is 18.7 Å². The van der Waals surface area contributed by atoms with Gasteiger partial charge in [-0.1, -0.05) is 88.8 Å². The standard InChI is InChI=1S/C25H37ClN5O6PS2/c1-24(2,3)21(32)39-11-9-35-38(34,36-10-12-40-22(33)25(4,5)6)37-14-16-7-8-17(13-16)31-15-28-18-19(26)29-23(27)30-20(18)31/h7-8,15-17H,9-14H2,1-6H3,(H2,27,29,30)/t16-,17+/m1/s1. The van der Waals surface area contributed by atoms with Crippen LogP contribution in [0.5, 0.6) is 0 Å². The Morgan fingerprint density at radius 1 is 1.02 bits per heavy atom. The number of anilines is 1. The number of carbonyl (C=O) groups excluding carboxylic acids is 2. The van der Waals surface area contributed by atoms with Crippen LogP contribution in [0.4, 0.5) is 5.95 Å². The van der Waals surface area contributed by atoms with Crippen molar-refractivity contribution in [1.29, 1.82) is 0 Å². The fourth-order valence-electron chi connectivity index (χ4n) is 3.52. The number of phosphoric ester groups is 1. The summed E-state index contributed by atoms with van der Waals surface area (Å²) in [6.07, 6.45) is 6.20. The smallest absolute Gasteiger partial charge is 0.368 e. The molecule has 1 aliphatic carbocycles. The Bertz CT molecular complexity index is 1250. The molecule has 0 aromatic carbocycles. The number of allylic oxidation sites excluding steroid dienone is 1. The van der Waals surface area contributed by atoms with Gasteiger partial charge in [-0.2, -0.15) is 9.97 Å². The van der Waals surface area contributed by atoms with E-state index in [0.29, 0.717) is 29.1 Å². The maximum absolute atomic E-state index is 13.5. The second-order valence-electron chi connectivity index (χ2n) is 11.3. The Morgan fingerprint density at radius 3 is 2.15 bits per heavy atom. The van der Waals surface area contributed by atoms with Crippen molar-refractivity contribution < 1.29 is 27.7 Å². The van der Waals surface area contributed by atoms with Crippen LogP contribution in [0.15, 0.2) is 18.5 Å². The van der Waals surface area contributed by atoms with Crippen LogP contribution in [0.25, 0.3) is 11.2 Å². The van der Waals surface area contributed by atoms with Crippen molar-refractivity contribution in [3.05, 3.63) is 23.6 Å². The molecule has 2 heterocycles. The highest BCUT2D eigenvalue weighted by Crippen LogP contribution is 2.50. The van der Waals surface area contributed by atoms with Crippen molar-refractivity contribution in [3.8, 4) is 0 Å². The molecule has 0 amide bonds. The lowest BCUT2D eigenvalue weighted by Gasteiger charge is -2.21. The molecular weight excluding hydrogens is 597 g/mol. The van der Waals surface area contributed by atoms with E-state index in [1.165, 1.54) is 0 Å². The molecule has 15 heteroatoms. The molecule has 0 radical (unpaired) electrons. The average molecular weight is 634 g/mol. The number of thioether (sulfide) groups is 2. The zero-order valence-electron chi connectivity index (χ0n) is 23.6. The number of nitrogens with zero attached hydrogens (tertiary/aromatic N) is 4. The monoisotopic (exact) mass is 633 g/mol. The number of hydrogen-bond donors (Lipinski definition) is 1. The number of aromatic nitrogens is 4. The van der Waals surface area contributed by atoms with Crippen LogP contribution in [0, 0.1) is 16.7 Å². The molecule has 3 rings (SSSR count). The van der Waals surface area contributed by atoms with Crippen LogP contribution < -0.4 is 5.73 Å². The Hall–Kier alpha value is -1.47. The Balaban J connectivity index is 1.58. The first-order chi connectivity index (χ1) is 18.6. The third-order valence-corrected chi connectivity index (χ3v) is 9.92. The molecule has 1 aliphatic rings. The average Bonchev–Trinajstić information content (AvgIpc) is 3.49. The molecule has 0 aliphatic heterocycles. The summed E-state index contributed by atoms with van der Waals surface area (Å²) in [5.74, 6) is 0.570. The Labute approximate surface area is 248 Å². The predicted octanol–water partition coefficient (Wildman–Crippen LogP) is 5.95. The number of nitrogens with two attached hydrogens (primary N) is 1.